The number of hydrogen-bond donors (Lipinski definition) is 2. The van der Waals surface area contributed by atoms with Crippen molar-refractivity contribution in [3.8, 4) is 0 Å². The maximum Gasteiger partial charge on any atom is 0.294 e. The van der Waals surface area contributed by atoms with Gasteiger partial charge in [-0.3, -0.25) is 24.9 Å². The van der Waals surface area contributed by atoms with Crippen molar-refractivity contribution in [3.05, 3.63) is 64.1 Å². The maximum atomic E-state index is 12.0. The minimum Gasteiger partial charge on any atom is -0.366 e. The van der Waals surface area contributed by atoms with E-state index in [0.29, 0.717) is 53.9 Å². The van der Waals surface area contributed by atoms with E-state index in [1.807, 2.05) is 17.0 Å². The zero-order valence-corrected chi connectivity index (χ0v) is 24.2. The van der Waals surface area contributed by atoms with Crippen LogP contribution in [0.1, 0.15) is 25.7 Å². The van der Waals surface area contributed by atoms with Gasteiger partial charge >= 0.3 is 0 Å². The maximum absolute atomic E-state index is 12.0. The van der Waals surface area contributed by atoms with E-state index < -0.39 is 7.92 Å². The van der Waals surface area contributed by atoms with Gasteiger partial charge in [0.1, 0.15) is 16.5 Å². The summed E-state index contributed by atoms with van der Waals surface area (Å²) in [6.45, 7) is 5.67. The molecule has 0 radical (unpaired) electrons. The van der Waals surface area contributed by atoms with Crippen LogP contribution in [0.3, 0.4) is 0 Å². The molecule has 2 N–H and O–H groups in total. The van der Waals surface area contributed by atoms with E-state index in [1.54, 1.807) is 24.5 Å². The zero-order chi connectivity index (χ0) is 28.7. The Labute approximate surface area is 242 Å². The predicted octanol–water partition coefficient (Wildman–Crippen LogP) is 5.78. The molecule has 2 aliphatic rings. The molecule has 1 saturated carbocycles. The second-order valence-corrected chi connectivity index (χ2v) is 13.4. The number of aromatic nitrogens is 4. The van der Waals surface area contributed by atoms with Crippen molar-refractivity contribution in [2.24, 2.45) is 5.41 Å². The number of rotatable bonds is 7. The van der Waals surface area contributed by atoms with E-state index in [2.05, 4.69) is 43.9 Å². The standard InChI is InChI=1S/C28H28ClN8O3P/c1-41(2)25-21(5-4-20-24(25)31-10-9-30-20)34-26-19(29)16-32-27(35-26)33-17-3-6-22(23(13-17)37(39)40)36-11-7-28(8-12-36)14-18(38)15-28/h3-6,9-10,13,16H,7-8,11-12,14-15H2,1-2H3,(H2,32,33,34,35). The summed E-state index contributed by atoms with van der Waals surface area (Å²) in [4.78, 5) is 43.1. The molecule has 2 aromatic heterocycles. The first-order chi connectivity index (χ1) is 19.7. The Kier molecular flexibility index (Phi) is 7.17. The first-order valence-electron chi connectivity index (χ1n) is 13.2. The van der Waals surface area contributed by atoms with Crippen molar-refractivity contribution < 1.29 is 9.72 Å². The van der Waals surface area contributed by atoms with Crippen molar-refractivity contribution in [3.63, 3.8) is 0 Å². The molecule has 3 heterocycles. The number of hydrogen-bond acceptors (Lipinski definition) is 10. The number of halogens is 1. The van der Waals surface area contributed by atoms with Crippen LogP contribution >= 0.6 is 19.5 Å². The summed E-state index contributed by atoms with van der Waals surface area (Å²) in [5.74, 6) is 0.953. The number of Topliss-reactive ketones (excluding diaryl/α,β-unsaturated/α-hetero) is 1. The monoisotopic (exact) mass is 590 g/mol. The summed E-state index contributed by atoms with van der Waals surface area (Å²) >= 11 is 6.46. The number of ketones is 1. The lowest BCUT2D eigenvalue weighted by Crippen LogP contribution is -2.47. The first kappa shape index (κ1) is 27.2. The van der Waals surface area contributed by atoms with Gasteiger partial charge in [-0.15, -0.1) is 0 Å². The van der Waals surface area contributed by atoms with Gasteiger partial charge in [-0.1, -0.05) is 19.5 Å². The fourth-order valence-electron chi connectivity index (χ4n) is 5.72. The van der Waals surface area contributed by atoms with Crippen LogP contribution in [-0.2, 0) is 4.79 Å². The van der Waals surface area contributed by atoms with Crippen LogP contribution in [0.2, 0.25) is 5.02 Å². The number of piperidine rings is 1. The minimum atomic E-state index is -0.544. The number of anilines is 5. The minimum absolute atomic E-state index is 0.00381. The summed E-state index contributed by atoms with van der Waals surface area (Å²) in [5.41, 5.74) is 3.63. The van der Waals surface area contributed by atoms with Crippen molar-refractivity contribution in [1.29, 1.82) is 0 Å². The third kappa shape index (κ3) is 5.39. The quantitative estimate of drug-likeness (QED) is 0.154. The Balaban J connectivity index is 1.23. The Morgan fingerprint density at radius 3 is 2.51 bits per heavy atom. The Morgan fingerprint density at radius 1 is 1.05 bits per heavy atom. The SMILES string of the molecule is CP(C)c1c(Nc2nc(Nc3ccc(N4CCC5(CC4)CC(=O)C5)c([N+](=O)[O-])c3)ncc2Cl)ccc2nccnc12. The highest BCUT2D eigenvalue weighted by atomic mass is 35.5. The lowest BCUT2D eigenvalue weighted by Gasteiger charge is -2.47. The topological polar surface area (TPSA) is 139 Å². The fraction of sp³-hybridized carbons (Fsp3) is 0.321. The normalized spacial score (nSPS) is 16.2. The Hall–Kier alpha value is -3.95. The molecule has 210 valence electrons. The molecule has 13 heteroatoms. The van der Waals surface area contributed by atoms with Crippen LogP contribution in [0.5, 0.6) is 0 Å². The number of nitrogens with one attached hydrogen (secondary N) is 2. The van der Waals surface area contributed by atoms with Crippen molar-refractivity contribution in [2.45, 2.75) is 25.7 Å². The summed E-state index contributed by atoms with van der Waals surface area (Å²) in [6, 6.07) is 8.88. The van der Waals surface area contributed by atoms with Gasteiger partial charge in [0.25, 0.3) is 5.69 Å². The molecule has 41 heavy (non-hydrogen) atoms. The number of carbonyl (C=O) groups is 1. The number of benzene rings is 2. The average Bonchev–Trinajstić information content (AvgIpc) is 2.94. The molecule has 1 saturated heterocycles. The highest BCUT2D eigenvalue weighted by Gasteiger charge is 2.45. The molecule has 6 rings (SSSR count). The number of nitro benzene ring substituents is 1. The van der Waals surface area contributed by atoms with Gasteiger partial charge in [0.15, 0.2) is 5.82 Å². The smallest absolute Gasteiger partial charge is 0.294 e. The number of carbonyl (C=O) groups excluding carboxylic acids is 1. The van der Waals surface area contributed by atoms with Crippen LogP contribution in [0.4, 0.5) is 34.5 Å². The molecule has 0 unspecified atom stereocenters. The van der Waals surface area contributed by atoms with Crippen LogP contribution in [0, 0.1) is 15.5 Å². The Morgan fingerprint density at radius 2 is 1.80 bits per heavy atom. The summed E-state index contributed by atoms with van der Waals surface area (Å²) in [7, 11) is -0.544. The van der Waals surface area contributed by atoms with Crippen LogP contribution in [0.25, 0.3) is 11.0 Å². The van der Waals surface area contributed by atoms with E-state index in [4.69, 9.17) is 11.6 Å². The summed E-state index contributed by atoms with van der Waals surface area (Å²) in [5, 5.41) is 19.8. The molecule has 4 aromatic rings. The van der Waals surface area contributed by atoms with Crippen LogP contribution < -0.4 is 20.8 Å². The van der Waals surface area contributed by atoms with Crippen molar-refractivity contribution in [1.82, 2.24) is 19.9 Å². The van der Waals surface area contributed by atoms with Gasteiger partial charge < -0.3 is 15.5 Å². The number of fused-ring (bicyclic) bond motifs is 1. The van der Waals surface area contributed by atoms with Gasteiger partial charge in [0.05, 0.1) is 22.2 Å². The van der Waals surface area contributed by atoms with Crippen molar-refractivity contribution >= 4 is 76.2 Å². The van der Waals surface area contributed by atoms with E-state index >= 15 is 0 Å². The molecular formula is C28H28ClN8O3P. The van der Waals surface area contributed by atoms with Crippen molar-refractivity contribution in [2.75, 3.05) is 42.0 Å². The van der Waals surface area contributed by atoms with Gasteiger partial charge in [-0.05, 0) is 55.9 Å². The average molecular weight is 591 g/mol. The summed E-state index contributed by atoms with van der Waals surface area (Å²) in [6.07, 6.45) is 7.84. The van der Waals surface area contributed by atoms with E-state index in [0.717, 1.165) is 34.9 Å². The molecule has 1 spiro atoms. The van der Waals surface area contributed by atoms with Gasteiger partial charge in [-0.2, -0.15) is 4.98 Å². The van der Waals surface area contributed by atoms with E-state index in [9.17, 15) is 14.9 Å². The lowest BCUT2D eigenvalue weighted by atomic mass is 9.62. The van der Waals surface area contributed by atoms with Crippen LogP contribution in [-0.4, -0.2) is 57.1 Å². The third-order valence-electron chi connectivity index (χ3n) is 7.80. The predicted molar refractivity (Wildman–Crippen MR) is 163 cm³/mol. The lowest BCUT2D eigenvalue weighted by molar-refractivity contribution is -0.384. The molecule has 2 fully saturated rings. The van der Waals surface area contributed by atoms with E-state index in [-0.39, 0.29) is 22.0 Å². The third-order valence-corrected chi connectivity index (χ3v) is 9.42. The highest BCUT2D eigenvalue weighted by Crippen LogP contribution is 2.48. The number of nitrogens with zero attached hydrogens (tertiary/aromatic N) is 6. The molecule has 11 nitrogen and oxygen atoms in total. The molecule has 0 bridgehead atoms. The molecule has 0 atom stereocenters. The zero-order valence-electron chi connectivity index (χ0n) is 22.6. The largest absolute Gasteiger partial charge is 0.366 e. The second kappa shape index (κ2) is 10.8. The number of nitro groups is 1. The summed E-state index contributed by atoms with van der Waals surface area (Å²) < 4.78 is 0. The first-order valence-corrected chi connectivity index (χ1v) is 15.9. The van der Waals surface area contributed by atoms with E-state index in [1.165, 1.54) is 12.3 Å². The second-order valence-electron chi connectivity index (χ2n) is 10.8. The highest BCUT2D eigenvalue weighted by molar-refractivity contribution is 7.65. The van der Waals surface area contributed by atoms with Crippen LogP contribution in [0.15, 0.2) is 48.9 Å². The molecule has 1 aliphatic carbocycles. The fourth-order valence-corrected chi connectivity index (χ4v) is 7.07. The molecule has 1 aliphatic heterocycles. The van der Waals surface area contributed by atoms with Gasteiger partial charge in [0.2, 0.25) is 5.95 Å². The van der Waals surface area contributed by atoms with Gasteiger partial charge in [-0.25, -0.2) is 4.98 Å². The molecule has 0 amide bonds. The molecule has 2 aromatic carbocycles. The molecular weight excluding hydrogens is 563 g/mol. The Bertz CT molecular complexity index is 1670. The van der Waals surface area contributed by atoms with Gasteiger partial charge in [0, 0.05) is 61.1 Å².